The number of hydrogen-bond donors (Lipinski definition) is 3. The summed E-state index contributed by atoms with van der Waals surface area (Å²) in [5, 5.41) is 15.0. The number of aliphatic carboxylic acids is 1. The third-order valence-electron chi connectivity index (χ3n) is 6.13. The number of rotatable bonds is 13. The second-order valence-electron chi connectivity index (χ2n) is 9.50. The van der Waals surface area contributed by atoms with Gasteiger partial charge >= 0.3 is 5.97 Å². The standard InChI is InChI=1S/C26H40FN3O4/c1-8-9-13-30(21(17(2)3)14-18(4)25(33)34)22(31)16-29-24(32)23(28-7)26(5,6)19-11-10-12-20(27)15-19/h10-12,14-15,17,21,23,28H,8-9,13,16H2,1-7H3,(H,29,32)(H,33,34)/b18-14+/t21-,23-/m1/s1. The van der Waals surface area contributed by atoms with E-state index in [4.69, 9.17) is 0 Å². The van der Waals surface area contributed by atoms with E-state index in [1.165, 1.54) is 19.1 Å². The van der Waals surface area contributed by atoms with Gasteiger partial charge in [-0.25, -0.2) is 9.18 Å². The third-order valence-corrected chi connectivity index (χ3v) is 6.13. The fraction of sp³-hybridized carbons (Fsp3) is 0.577. The van der Waals surface area contributed by atoms with E-state index < -0.39 is 23.5 Å². The van der Waals surface area contributed by atoms with Crippen LogP contribution in [0.3, 0.4) is 0 Å². The van der Waals surface area contributed by atoms with E-state index in [1.54, 1.807) is 30.2 Å². The van der Waals surface area contributed by atoms with Crippen molar-refractivity contribution in [1.29, 1.82) is 0 Å². The van der Waals surface area contributed by atoms with Crippen molar-refractivity contribution in [2.45, 2.75) is 71.9 Å². The number of halogens is 1. The van der Waals surface area contributed by atoms with Gasteiger partial charge in [0.25, 0.3) is 0 Å². The lowest BCUT2D eigenvalue weighted by molar-refractivity contribution is -0.136. The zero-order valence-corrected chi connectivity index (χ0v) is 21.4. The normalized spacial score (nSPS) is 14.0. The van der Waals surface area contributed by atoms with E-state index in [1.807, 2.05) is 34.6 Å². The molecule has 0 aliphatic rings. The summed E-state index contributed by atoms with van der Waals surface area (Å²) in [4.78, 5) is 39.3. The number of unbranched alkanes of at least 4 members (excludes halogenated alkanes) is 1. The highest BCUT2D eigenvalue weighted by molar-refractivity contribution is 5.89. The predicted octanol–water partition coefficient (Wildman–Crippen LogP) is 3.49. The van der Waals surface area contributed by atoms with Gasteiger partial charge in [0.05, 0.1) is 18.6 Å². The largest absolute Gasteiger partial charge is 0.478 e. The van der Waals surface area contributed by atoms with Crippen LogP contribution in [0, 0.1) is 11.7 Å². The van der Waals surface area contributed by atoms with E-state index in [-0.39, 0.29) is 35.7 Å². The first kappa shape index (κ1) is 29.3. The number of hydrogen-bond acceptors (Lipinski definition) is 4. The monoisotopic (exact) mass is 477 g/mol. The van der Waals surface area contributed by atoms with Crippen LogP contribution in [0.15, 0.2) is 35.9 Å². The van der Waals surface area contributed by atoms with Crippen molar-refractivity contribution in [1.82, 2.24) is 15.5 Å². The molecule has 0 spiro atoms. The number of carboxylic acids is 1. The van der Waals surface area contributed by atoms with Crippen LogP contribution in [0.5, 0.6) is 0 Å². The van der Waals surface area contributed by atoms with Crippen LogP contribution in [0.4, 0.5) is 4.39 Å². The molecule has 1 aromatic rings. The smallest absolute Gasteiger partial charge is 0.331 e. The molecule has 1 rings (SSSR count). The van der Waals surface area contributed by atoms with Crippen molar-refractivity contribution in [2.75, 3.05) is 20.1 Å². The Labute approximate surface area is 202 Å². The Morgan fingerprint density at radius 1 is 1.24 bits per heavy atom. The van der Waals surface area contributed by atoms with Crippen LogP contribution in [0.25, 0.3) is 0 Å². The van der Waals surface area contributed by atoms with Gasteiger partial charge in [-0.3, -0.25) is 9.59 Å². The summed E-state index contributed by atoms with van der Waals surface area (Å²) >= 11 is 0. The lowest BCUT2D eigenvalue weighted by atomic mass is 9.77. The lowest BCUT2D eigenvalue weighted by Crippen LogP contribution is -2.55. The van der Waals surface area contributed by atoms with Crippen LogP contribution >= 0.6 is 0 Å². The topological polar surface area (TPSA) is 98.7 Å². The Hall–Kier alpha value is -2.74. The molecule has 2 atom stereocenters. The first-order valence-corrected chi connectivity index (χ1v) is 11.8. The molecule has 190 valence electrons. The molecule has 0 saturated heterocycles. The van der Waals surface area contributed by atoms with Crippen molar-refractivity contribution in [3.8, 4) is 0 Å². The van der Waals surface area contributed by atoms with Gasteiger partial charge in [-0.15, -0.1) is 0 Å². The van der Waals surface area contributed by atoms with Crippen molar-refractivity contribution in [3.63, 3.8) is 0 Å². The molecule has 0 radical (unpaired) electrons. The molecule has 0 aromatic heterocycles. The number of carbonyl (C=O) groups is 3. The maximum atomic E-state index is 13.8. The quantitative estimate of drug-likeness (QED) is 0.378. The average Bonchev–Trinajstić information content (AvgIpc) is 2.76. The number of benzene rings is 1. The summed E-state index contributed by atoms with van der Waals surface area (Å²) in [6.45, 7) is 11.3. The zero-order chi connectivity index (χ0) is 26.1. The van der Waals surface area contributed by atoms with Gasteiger partial charge < -0.3 is 20.6 Å². The molecule has 34 heavy (non-hydrogen) atoms. The van der Waals surface area contributed by atoms with Gasteiger partial charge in [0.1, 0.15) is 5.82 Å². The molecule has 0 aliphatic heterocycles. The van der Waals surface area contributed by atoms with E-state index >= 15 is 0 Å². The first-order valence-electron chi connectivity index (χ1n) is 11.8. The Kier molecular flexibility index (Phi) is 11.4. The number of nitrogens with one attached hydrogen (secondary N) is 2. The highest BCUT2D eigenvalue weighted by Crippen LogP contribution is 2.28. The molecule has 8 heteroatoms. The van der Waals surface area contributed by atoms with Gasteiger partial charge in [-0.2, -0.15) is 0 Å². The number of amides is 2. The molecule has 3 N–H and O–H groups in total. The molecule has 0 saturated carbocycles. The fourth-order valence-corrected chi connectivity index (χ4v) is 3.98. The van der Waals surface area contributed by atoms with E-state index in [0.717, 1.165) is 12.8 Å². The molecule has 1 aromatic carbocycles. The van der Waals surface area contributed by atoms with Gasteiger partial charge in [0.2, 0.25) is 11.8 Å². The predicted molar refractivity (Wildman–Crippen MR) is 132 cm³/mol. The van der Waals surface area contributed by atoms with Crippen LogP contribution in [0.2, 0.25) is 0 Å². The molecule has 2 amide bonds. The summed E-state index contributed by atoms with van der Waals surface area (Å²) in [5.41, 5.74) is 0.0874. The zero-order valence-electron chi connectivity index (χ0n) is 21.4. The second-order valence-corrected chi connectivity index (χ2v) is 9.50. The van der Waals surface area contributed by atoms with E-state index in [2.05, 4.69) is 10.6 Å². The molecule has 0 fully saturated rings. The summed E-state index contributed by atoms with van der Waals surface area (Å²) < 4.78 is 13.8. The minimum atomic E-state index is -1.03. The van der Waals surface area contributed by atoms with E-state index in [9.17, 15) is 23.9 Å². The van der Waals surface area contributed by atoms with Crippen LogP contribution in [-0.2, 0) is 19.8 Å². The number of carbonyl (C=O) groups excluding carboxylic acids is 2. The van der Waals surface area contributed by atoms with Crippen molar-refractivity contribution < 1.29 is 23.9 Å². The van der Waals surface area contributed by atoms with Gasteiger partial charge in [0.15, 0.2) is 0 Å². The molecular formula is C26H40FN3O4. The highest BCUT2D eigenvalue weighted by atomic mass is 19.1. The summed E-state index contributed by atoms with van der Waals surface area (Å²) in [5.74, 6) is -2.08. The number of likely N-dealkylation sites (N-methyl/N-ethyl adjacent to an activating group) is 1. The van der Waals surface area contributed by atoms with Gasteiger partial charge in [-0.05, 0) is 44.0 Å². The van der Waals surface area contributed by atoms with Crippen molar-refractivity contribution in [2.24, 2.45) is 5.92 Å². The minimum Gasteiger partial charge on any atom is -0.478 e. The summed E-state index contributed by atoms with van der Waals surface area (Å²) in [6.07, 6.45) is 3.23. The van der Waals surface area contributed by atoms with Gasteiger partial charge in [0, 0.05) is 17.5 Å². The molecule has 0 heterocycles. The van der Waals surface area contributed by atoms with Crippen LogP contribution in [-0.4, -0.2) is 60.0 Å². The number of carboxylic acid groups (broad SMARTS) is 1. The number of nitrogens with zero attached hydrogens (tertiary/aromatic N) is 1. The maximum absolute atomic E-state index is 13.8. The Balaban J connectivity index is 3.07. The average molecular weight is 478 g/mol. The molecule has 0 bridgehead atoms. The molecular weight excluding hydrogens is 437 g/mol. The fourth-order valence-electron chi connectivity index (χ4n) is 3.98. The van der Waals surface area contributed by atoms with E-state index in [0.29, 0.717) is 12.1 Å². The van der Waals surface area contributed by atoms with Crippen LogP contribution in [0.1, 0.15) is 59.9 Å². The Morgan fingerprint density at radius 3 is 2.38 bits per heavy atom. The van der Waals surface area contributed by atoms with Crippen molar-refractivity contribution in [3.05, 3.63) is 47.3 Å². The summed E-state index contributed by atoms with van der Waals surface area (Å²) in [6, 6.07) is 5.01. The Morgan fingerprint density at radius 2 is 1.88 bits per heavy atom. The lowest BCUT2D eigenvalue weighted by Gasteiger charge is -2.35. The summed E-state index contributed by atoms with van der Waals surface area (Å²) in [7, 11) is 1.65. The Bertz CT molecular complexity index is 883. The molecule has 0 unspecified atom stereocenters. The maximum Gasteiger partial charge on any atom is 0.331 e. The highest BCUT2D eigenvalue weighted by Gasteiger charge is 2.36. The molecule has 7 nitrogen and oxygen atoms in total. The SMILES string of the molecule is CCCCN(C(=O)CNC(=O)[C@@H](NC)C(C)(C)c1cccc(F)c1)[C@H](/C=C(\C)C(=O)O)C(C)C. The third kappa shape index (κ3) is 7.94. The van der Waals surface area contributed by atoms with Crippen molar-refractivity contribution >= 4 is 17.8 Å². The van der Waals surface area contributed by atoms with Crippen LogP contribution < -0.4 is 10.6 Å². The first-order chi connectivity index (χ1) is 15.9. The van der Waals surface area contributed by atoms with Gasteiger partial charge in [-0.1, -0.05) is 59.2 Å². The second kappa shape index (κ2) is 13.2. The minimum absolute atomic E-state index is 0.0113. The molecule has 0 aliphatic carbocycles.